The van der Waals surface area contributed by atoms with Crippen molar-refractivity contribution in [1.82, 2.24) is 14.6 Å². The van der Waals surface area contributed by atoms with Crippen LogP contribution in [0.15, 0.2) is 23.5 Å². The van der Waals surface area contributed by atoms with Gasteiger partial charge < -0.3 is 25.1 Å². The van der Waals surface area contributed by atoms with Crippen LogP contribution < -0.4 is 5.73 Å². The summed E-state index contributed by atoms with van der Waals surface area (Å²) in [6.07, 6.45) is 3.68. The van der Waals surface area contributed by atoms with Crippen molar-refractivity contribution >= 4 is 23.2 Å². The second-order valence-electron chi connectivity index (χ2n) is 7.70. The number of nitrogens with zero attached hydrogens (tertiary/aromatic N) is 4. The van der Waals surface area contributed by atoms with Crippen LogP contribution in [0.4, 0.5) is 5.82 Å². The van der Waals surface area contributed by atoms with Crippen LogP contribution in [0.5, 0.6) is 0 Å². The number of hydrogen-bond acceptors (Lipinski definition) is 8. The third kappa shape index (κ3) is 2.29. The fourth-order valence-corrected chi connectivity index (χ4v) is 4.38. The molecule has 0 aromatic carbocycles. The van der Waals surface area contributed by atoms with Gasteiger partial charge in [-0.05, 0) is 39.0 Å². The highest BCUT2D eigenvalue weighted by atomic mass is 16.8. The normalized spacial score (nSPS) is 33.9. The van der Waals surface area contributed by atoms with Crippen LogP contribution in [0, 0.1) is 0 Å². The molecule has 9 nitrogen and oxygen atoms in total. The van der Waals surface area contributed by atoms with Gasteiger partial charge in [-0.2, -0.15) is 5.10 Å². The molecule has 0 spiro atoms. The quantitative estimate of drug-likeness (QED) is 0.811. The number of aliphatic hydroxyl groups is 1. The van der Waals surface area contributed by atoms with Crippen molar-refractivity contribution < 1.29 is 19.3 Å². The molecular weight excluding hydrogens is 350 g/mol. The molecule has 0 amide bonds. The lowest BCUT2D eigenvalue weighted by atomic mass is 9.91. The summed E-state index contributed by atoms with van der Waals surface area (Å²) < 4.78 is 20.2. The first-order chi connectivity index (χ1) is 12.8. The zero-order chi connectivity index (χ0) is 19.0. The van der Waals surface area contributed by atoms with E-state index in [0.29, 0.717) is 11.7 Å². The minimum atomic E-state index is -0.774. The standard InChI is InChI=1S/C18H21N5O4/c1-17(2)26-15-11(7-24)25-14(18(15,3)27-17)10-6-9-4-5-12(19)22-16-13(9)23(10)21-8-20-16/h4-6,8,11,14-15,24H,7H2,1-3H3,(H2,19,20,21,22)/t11-,14+,15-,18+/m1/s1. The Kier molecular flexibility index (Phi) is 3.33. The summed E-state index contributed by atoms with van der Waals surface area (Å²) >= 11 is 0. The monoisotopic (exact) mass is 371 g/mol. The summed E-state index contributed by atoms with van der Waals surface area (Å²) in [5.41, 5.74) is 7.52. The van der Waals surface area contributed by atoms with E-state index in [0.717, 1.165) is 16.8 Å². The zero-order valence-corrected chi connectivity index (χ0v) is 15.3. The van der Waals surface area contributed by atoms with Crippen molar-refractivity contribution in [3.63, 3.8) is 0 Å². The first kappa shape index (κ1) is 16.8. The van der Waals surface area contributed by atoms with E-state index in [4.69, 9.17) is 19.9 Å². The molecule has 5 rings (SSSR count). The number of aliphatic imine (C=N–C) groups is 1. The van der Waals surface area contributed by atoms with E-state index in [1.807, 2.05) is 32.9 Å². The third-order valence-electron chi connectivity index (χ3n) is 5.32. The van der Waals surface area contributed by atoms with Crippen molar-refractivity contribution in [3.8, 4) is 0 Å². The van der Waals surface area contributed by atoms with Crippen molar-refractivity contribution in [2.24, 2.45) is 10.7 Å². The average Bonchev–Trinajstić information content (AvgIpc) is 3.12. The molecule has 3 N–H and O–H groups in total. The molecule has 9 heteroatoms. The summed E-state index contributed by atoms with van der Waals surface area (Å²) in [6.45, 7) is 5.52. The van der Waals surface area contributed by atoms with Crippen molar-refractivity contribution in [3.05, 3.63) is 29.7 Å². The van der Waals surface area contributed by atoms with Crippen LogP contribution in [0.25, 0.3) is 11.6 Å². The molecule has 3 aliphatic rings. The second-order valence-corrected chi connectivity index (χ2v) is 7.70. The molecule has 2 aromatic rings. The summed E-state index contributed by atoms with van der Waals surface area (Å²) in [5.74, 6) is 0.109. The van der Waals surface area contributed by atoms with Gasteiger partial charge in [-0.3, -0.25) is 0 Å². The lowest BCUT2D eigenvalue weighted by Gasteiger charge is -2.29. The Morgan fingerprint density at radius 2 is 2.11 bits per heavy atom. The minimum absolute atomic E-state index is 0.159. The molecule has 0 aliphatic carbocycles. The topological polar surface area (TPSA) is 116 Å². The van der Waals surface area contributed by atoms with Gasteiger partial charge in [-0.25, -0.2) is 14.5 Å². The molecule has 3 aliphatic heterocycles. The van der Waals surface area contributed by atoms with Crippen LogP contribution in [0.3, 0.4) is 0 Å². The third-order valence-corrected chi connectivity index (χ3v) is 5.32. The largest absolute Gasteiger partial charge is 0.394 e. The number of hydrogen-bond donors (Lipinski definition) is 2. The molecule has 2 fully saturated rings. The zero-order valence-electron chi connectivity index (χ0n) is 15.3. The number of ether oxygens (including phenoxy) is 3. The summed E-state index contributed by atoms with van der Waals surface area (Å²) in [5, 5.41) is 14.2. The molecule has 4 atom stereocenters. The highest BCUT2D eigenvalue weighted by Gasteiger charge is 2.64. The minimum Gasteiger partial charge on any atom is -0.394 e. The van der Waals surface area contributed by atoms with E-state index in [-0.39, 0.29) is 6.61 Å². The fourth-order valence-electron chi connectivity index (χ4n) is 4.38. The molecule has 2 saturated heterocycles. The summed E-state index contributed by atoms with van der Waals surface area (Å²) in [7, 11) is 0. The first-order valence-electron chi connectivity index (χ1n) is 8.85. The number of aromatic nitrogens is 3. The van der Waals surface area contributed by atoms with E-state index in [9.17, 15) is 5.11 Å². The molecule has 142 valence electrons. The Bertz CT molecular complexity index is 997. The Balaban J connectivity index is 1.69. The Morgan fingerprint density at radius 1 is 1.30 bits per heavy atom. The molecule has 2 aromatic heterocycles. The number of rotatable bonds is 2. The molecule has 0 saturated carbocycles. The van der Waals surface area contributed by atoms with Crippen LogP contribution in [0.2, 0.25) is 0 Å². The van der Waals surface area contributed by atoms with Crippen molar-refractivity contribution in [1.29, 1.82) is 0 Å². The van der Waals surface area contributed by atoms with Crippen LogP contribution >= 0.6 is 0 Å². The maximum atomic E-state index is 9.81. The Hall–Kier alpha value is -2.33. The fraction of sp³-hybridized carbons (Fsp3) is 0.500. The lowest BCUT2D eigenvalue weighted by molar-refractivity contribution is -0.207. The average molecular weight is 371 g/mol. The van der Waals surface area contributed by atoms with Gasteiger partial charge >= 0.3 is 0 Å². The number of aliphatic hydroxyl groups excluding tert-OH is 1. The lowest BCUT2D eigenvalue weighted by Crippen LogP contribution is -2.40. The van der Waals surface area contributed by atoms with Gasteiger partial charge in [0.1, 0.15) is 41.6 Å². The SMILES string of the molecule is CC1(C)O[C@@H]2[C@@H](CO)O[C@@H](c3cc4c5c(ncnn35)N=C(N)C=C4)[C@]2(C)O1. The van der Waals surface area contributed by atoms with Crippen molar-refractivity contribution in [2.75, 3.05) is 6.61 Å². The molecule has 0 bridgehead atoms. The van der Waals surface area contributed by atoms with Gasteiger partial charge in [0.15, 0.2) is 11.6 Å². The summed E-state index contributed by atoms with van der Waals surface area (Å²) in [4.78, 5) is 8.58. The maximum absolute atomic E-state index is 9.81. The smallest absolute Gasteiger partial charge is 0.182 e. The number of amidine groups is 1. The van der Waals surface area contributed by atoms with Gasteiger partial charge in [0, 0.05) is 5.56 Å². The van der Waals surface area contributed by atoms with Gasteiger partial charge in [0.05, 0.1) is 12.3 Å². The highest BCUT2D eigenvalue weighted by Crippen LogP contribution is 2.53. The van der Waals surface area contributed by atoms with Crippen LogP contribution in [-0.4, -0.2) is 55.7 Å². The Labute approximate surface area is 155 Å². The van der Waals surface area contributed by atoms with Gasteiger partial charge in [-0.1, -0.05) is 0 Å². The molecule has 0 unspecified atom stereocenters. The van der Waals surface area contributed by atoms with E-state index < -0.39 is 29.7 Å². The van der Waals surface area contributed by atoms with Crippen molar-refractivity contribution in [2.45, 2.75) is 50.5 Å². The van der Waals surface area contributed by atoms with E-state index >= 15 is 0 Å². The van der Waals surface area contributed by atoms with Gasteiger partial charge in [0.2, 0.25) is 0 Å². The summed E-state index contributed by atoms with van der Waals surface area (Å²) in [6, 6.07) is 1.97. The molecular formula is C18H21N5O4. The van der Waals surface area contributed by atoms with E-state index in [1.54, 1.807) is 10.6 Å². The molecule has 5 heterocycles. The number of nitrogens with two attached hydrogens (primary N) is 1. The second kappa shape index (κ2) is 5.35. The highest BCUT2D eigenvalue weighted by molar-refractivity contribution is 6.01. The van der Waals surface area contributed by atoms with Crippen LogP contribution in [0.1, 0.15) is 38.1 Å². The predicted octanol–water partition coefficient (Wildman–Crippen LogP) is 1.09. The molecule has 27 heavy (non-hydrogen) atoms. The van der Waals surface area contributed by atoms with E-state index in [2.05, 4.69) is 15.1 Å². The van der Waals surface area contributed by atoms with Crippen LogP contribution in [-0.2, 0) is 14.2 Å². The maximum Gasteiger partial charge on any atom is 0.182 e. The van der Waals surface area contributed by atoms with Gasteiger partial charge in [-0.15, -0.1) is 0 Å². The first-order valence-corrected chi connectivity index (χ1v) is 8.85. The predicted molar refractivity (Wildman–Crippen MR) is 96.4 cm³/mol. The van der Waals surface area contributed by atoms with E-state index in [1.165, 1.54) is 6.33 Å². The Morgan fingerprint density at radius 3 is 2.89 bits per heavy atom. The van der Waals surface area contributed by atoms with Gasteiger partial charge in [0.25, 0.3) is 0 Å². The number of fused-ring (bicyclic) bond motifs is 1. The molecule has 0 radical (unpaired) electrons.